The van der Waals surface area contributed by atoms with E-state index in [-0.39, 0.29) is 5.91 Å². The van der Waals surface area contributed by atoms with E-state index in [1.165, 1.54) is 4.88 Å². The Balaban J connectivity index is 2.57. The molecule has 1 amide bonds. The summed E-state index contributed by atoms with van der Waals surface area (Å²) in [5.74, 6) is -0.378. The van der Waals surface area contributed by atoms with E-state index in [2.05, 4.69) is 0 Å². The second-order valence-corrected chi connectivity index (χ2v) is 4.61. The molecule has 76 valence electrons. The summed E-state index contributed by atoms with van der Waals surface area (Å²) in [6.07, 6.45) is 0. The fourth-order valence-corrected chi connectivity index (χ4v) is 2.40. The molecule has 0 bridgehead atoms. The minimum Gasteiger partial charge on any atom is -0.366 e. The number of hydrogen-bond donors (Lipinski definition) is 1. The Morgan fingerprint density at radius 1 is 1.20 bits per heavy atom. The number of carbonyl (C=O) groups excluding carboxylic acids is 1. The molecule has 0 fully saturated rings. The summed E-state index contributed by atoms with van der Waals surface area (Å²) in [6.45, 7) is 2.04. The molecule has 0 spiro atoms. The molecule has 2 nitrogen and oxygen atoms in total. The van der Waals surface area contributed by atoms with Crippen molar-refractivity contribution in [2.75, 3.05) is 0 Å². The van der Waals surface area contributed by atoms with E-state index in [1.807, 2.05) is 37.3 Å². The topological polar surface area (TPSA) is 43.1 Å². The SMILES string of the molecule is Cc1ccc(-c2ccccc2C(N)=O)s1. The van der Waals surface area contributed by atoms with Crippen LogP contribution in [0, 0.1) is 6.92 Å². The third kappa shape index (κ3) is 1.92. The molecule has 0 atom stereocenters. The minimum absolute atomic E-state index is 0.378. The van der Waals surface area contributed by atoms with Gasteiger partial charge in [0.15, 0.2) is 0 Å². The largest absolute Gasteiger partial charge is 0.366 e. The van der Waals surface area contributed by atoms with Crippen LogP contribution in [0.5, 0.6) is 0 Å². The predicted molar refractivity (Wildman–Crippen MR) is 63.0 cm³/mol. The van der Waals surface area contributed by atoms with Crippen molar-refractivity contribution in [2.24, 2.45) is 5.73 Å². The van der Waals surface area contributed by atoms with Crippen molar-refractivity contribution >= 4 is 17.2 Å². The van der Waals surface area contributed by atoms with Gasteiger partial charge in [0.05, 0.1) is 0 Å². The summed E-state index contributed by atoms with van der Waals surface area (Å²) in [5, 5.41) is 0. The van der Waals surface area contributed by atoms with E-state index in [1.54, 1.807) is 17.4 Å². The average Bonchev–Trinajstić information content (AvgIpc) is 2.65. The van der Waals surface area contributed by atoms with Gasteiger partial charge in [-0.2, -0.15) is 0 Å². The van der Waals surface area contributed by atoms with Gasteiger partial charge in [-0.05, 0) is 25.1 Å². The van der Waals surface area contributed by atoms with Gasteiger partial charge in [0.2, 0.25) is 5.91 Å². The lowest BCUT2D eigenvalue weighted by Gasteiger charge is -2.03. The number of aryl methyl sites for hydroxylation is 1. The smallest absolute Gasteiger partial charge is 0.249 e. The normalized spacial score (nSPS) is 10.2. The molecule has 2 aromatic rings. The van der Waals surface area contributed by atoms with Gasteiger partial charge in [0, 0.05) is 20.9 Å². The fraction of sp³-hybridized carbons (Fsp3) is 0.0833. The lowest BCUT2D eigenvalue weighted by Crippen LogP contribution is -2.11. The Hall–Kier alpha value is -1.61. The van der Waals surface area contributed by atoms with Crippen LogP contribution in [-0.2, 0) is 0 Å². The summed E-state index contributed by atoms with van der Waals surface area (Å²) >= 11 is 1.66. The summed E-state index contributed by atoms with van der Waals surface area (Å²) in [6, 6.07) is 11.5. The van der Waals surface area contributed by atoms with Crippen LogP contribution < -0.4 is 5.73 Å². The van der Waals surface area contributed by atoms with Crippen molar-refractivity contribution in [2.45, 2.75) is 6.92 Å². The molecule has 0 aliphatic rings. The number of carbonyl (C=O) groups is 1. The molecule has 1 aromatic heterocycles. The third-order valence-corrected chi connectivity index (χ3v) is 3.23. The lowest BCUT2D eigenvalue weighted by atomic mass is 10.1. The third-order valence-electron chi connectivity index (χ3n) is 2.20. The molecule has 0 aliphatic carbocycles. The Morgan fingerprint density at radius 3 is 2.53 bits per heavy atom. The van der Waals surface area contributed by atoms with Gasteiger partial charge in [-0.15, -0.1) is 11.3 Å². The number of nitrogens with two attached hydrogens (primary N) is 1. The van der Waals surface area contributed by atoms with Crippen LogP contribution in [0.25, 0.3) is 10.4 Å². The van der Waals surface area contributed by atoms with E-state index in [0.29, 0.717) is 5.56 Å². The number of thiophene rings is 1. The molecule has 0 unspecified atom stereocenters. The molecular formula is C12H11NOS. The highest BCUT2D eigenvalue weighted by Crippen LogP contribution is 2.29. The zero-order chi connectivity index (χ0) is 10.8. The van der Waals surface area contributed by atoms with Gasteiger partial charge >= 0.3 is 0 Å². The van der Waals surface area contributed by atoms with Crippen LogP contribution in [0.15, 0.2) is 36.4 Å². The Morgan fingerprint density at radius 2 is 1.93 bits per heavy atom. The monoisotopic (exact) mass is 217 g/mol. The van der Waals surface area contributed by atoms with E-state index >= 15 is 0 Å². The van der Waals surface area contributed by atoms with Gasteiger partial charge < -0.3 is 5.73 Å². The van der Waals surface area contributed by atoms with Crippen LogP contribution >= 0.6 is 11.3 Å². The highest BCUT2D eigenvalue weighted by Gasteiger charge is 2.09. The molecule has 1 aromatic carbocycles. The summed E-state index contributed by atoms with van der Waals surface area (Å²) in [4.78, 5) is 13.5. The number of rotatable bonds is 2. The highest BCUT2D eigenvalue weighted by molar-refractivity contribution is 7.15. The molecule has 15 heavy (non-hydrogen) atoms. The van der Waals surface area contributed by atoms with Gasteiger partial charge in [0.1, 0.15) is 0 Å². The average molecular weight is 217 g/mol. The van der Waals surface area contributed by atoms with Crippen molar-refractivity contribution in [1.82, 2.24) is 0 Å². The zero-order valence-corrected chi connectivity index (χ0v) is 9.17. The first-order valence-electron chi connectivity index (χ1n) is 4.64. The molecule has 2 N–H and O–H groups in total. The quantitative estimate of drug-likeness (QED) is 0.825. The van der Waals surface area contributed by atoms with Crippen molar-refractivity contribution in [3.63, 3.8) is 0 Å². The number of primary amides is 1. The van der Waals surface area contributed by atoms with Crippen LogP contribution in [0.4, 0.5) is 0 Å². The summed E-state index contributed by atoms with van der Waals surface area (Å²) in [5.41, 5.74) is 6.83. The van der Waals surface area contributed by atoms with Crippen LogP contribution in [0.3, 0.4) is 0 Å². The molecule has 0 saturated carbocycles. The maximum atomic E-state index is 11.2. The minimum atomic E-state index is -0.378. The maximum Gasteiger partial charge on any atom is 0.249 e. The molecule has 0 saturated heterocycles. The first-order chi connectivity index (χ1) is 7.18. The number of hydrogen-bond acceptors (Lipinski definition) is 2. The first-order valence-corrected chi connectivity index (χ1v) is 5.46. The summed E-state index contributed by atoms with van der Waals surface area (Å²) < 4.78 is 0. The first kappa shape index (κ1) is 9.93. The maximum absolute atomic E-state index is 11.2. The highest BCUT2D eigenvalue weighted by atomic mass is 32.1. The van der Waals surface area contributed by atoms with Crippen LogP contribution in [0.1, 0.15) is 15.2 Å². The van der Waals surface area contributed by atoms with Crippen molar-refractivity contribution in [3.8, 4) is 10.4 Å². The van der Waals surface area contributed by atoms with E-state index in [4.69, 9.17) is 5.73 Å². The van der Waals surface area contributed by atoms with Crippen molar-refractivity contribution in [1.29, 1.82) is 0 Å². The van der Waals surface area contributed by atoms with Gasteiger partial charge in [-0.1, -0.05) is 18.2 Å². The fourth-order valence-electron chi connectivity index (χ4n) is 1.49. The Bertz CT molecular complexity index is 502. The number of benzene rings is 1. The molecule has 0 aliphatic heterocycles. The van der Waals surface area contributed by atoms with Crippen molar-refractivity contribution in [3.05, 3.63) is 46.8 Å². The Kier molecular flexibility index (Phi) is 2.56. The van der Waals surface area contributed by atoms with Gasteiger partial charge in [-0.3, -0.25) is 4.79 Å². The van der Waals surface area contributed by atoms with E-state index in [9.17, 15) is 4.79 Å². The second kappa shape index (κ2) is 3.87. The van der Waals surface area contributed by atoms with Crippen LogP contribution in [-0.4, -0.2) is 5.91 Å². The van der Waals surface area contributed by atoms with Crippen LogP contribution in [0.2, 0.25) is 0 Å². The van der Waals surface area contributed by atoms with E-state index in [0.717, 1.165) is 10.4 Å². The number of amides is 1. The van der Waals surface area contributed by atoms with Crippen molar-refractivity contribution < 1.29 is 4.79 Å². The molecule has 1 heterocycles. The zero-order valence-electron chi connectivity index (χ0n) is 8.36. The van der Waals surface area contributed by atoms with Gasteiger partial charge in [0.25, 0.3) is 0 Å². The second-order valence-electron chi connectivity index (χ2n) is 3.32. The molecule has 2 rings (SSSR count). The molecule has 3 heteroatoms. The lowest BCUT2D eigenvalue weighted by molar-refractivity contribution is 0.100. The standard InChI is InChI=1S/C12H11NOS/c1-8-6-7-11(15-8)9-4-2-3-5-10(9)12(13)14/h2-7H,1H3,(H2,13,14). The van der Waals surface area contributed by atoms with E-state index < -0.39 is 0 Å². The molecular weight excluding hydrogens is 206 g/mol. The predicted octanol–water partition coefficient (Wildman–Crippen LogP) is 2.82. The summed E-state index contributed by atoms with van der Waals surface area (Å²) in [7, 11) is 0. The van der Waals surface area contributed by atoms with Gasteiger partial charge in [-0.25, -0.2) is 0 Å². The Labute approximate surface area is 92.4 Å². The molecule has 0 radical (unpaired) electrons.